The summed E-state index contributed by atoms with van der Waals surface area (Å²) in [4.78, 5) is 12.2. The van der Waals surface area contributed by atoms with Gasteiger partial charge in [-0.2, -0.15) is 0 Å². The molecule has 0 aromatic rings. The highest BCUT2D eigenvalue weighted by molar-refractivity contribution is 5.86. The summed E-state index contributed by atoms with van der Waals surface area (Å²) in [7, 11) is 0. The van der Waals surface area contributed by atoms with Crippen LogP contribution in [0.3, 0.4) is 0 Å². The van der Waals surface area contributed by atoms with E-state index in [0.717, 1.165) is 38.5 Å². The molecule has 4 fully saturated rings. The summed E-state index contributed by atoms with van der Waals surface area (Å²) in [5.74, 6) is 1.01. The molecule has 0 aromatic heterocycles. The molecule has 23 heavy (non-hydrogen) atoms. The van der Waals surface area contributed by atoms with Gasteiger partial charge in [-0.05, 0) is 67.6 Å². The predicted molar refractivity (Wildman–Crippen MR) is 85.5 cm³/mol. The summed E-state index contributed by atoms with van der Waals surface area (Å²) in [6, 6.07) is 0. The van der Waals surface area contributed by atoms with E-state index in [-0.39, 0.29) is 34.6 Å². The summed E-state index contributed by atoms with van der Waals surface area (Å²) >= 11 is 0. The van der Waals surface area contributed by atoms with Crippen molar-refractivity contribution >= 4 is 5.78 Å². The smallest absolute Gasteiger partial charge is 0.162 e. The first-order valence-electron chi connectivity index (χ1n) is 9.34. The molecule has 0 aliphatic heterocycles. The fraction of sp³-hybridized carbons (Fsp3) is 0.947. The van der Waals surface area contributed by atoms with Crippen molar-refractivity contribution in [2.75, 3.05) is 0 Å². The van der Waals surface area contributed by atoms with Gasteiger partial charge in [0.25, 0.3) is 0 Å². The molecule has 0 saturated heterocycles. The van der Waals surface area contributed by atoms with Crippen molar-refractivity contribution in [3.63, 3.8) is 0 Å². The van der Waals surface area contributed by atoms with Crippen molar-refractivity contribution in [1.82, 2.24) is 0 Å². The number of carbonyl (C=O) groups is 1. The second-order valence-electron chi connectivity index (χ2n) is 9.34. The van der Waals surface area contributed by atoms with E-state index in [0.29, 0.717) is 18.3 Å². The van der Waals surface area contributed by atoms with Crippen LogP contribution in [0.2, 0.25) is 0 Å². The number of ketones is 1. The summed E-state index contributed by atoms with van der Waals surface area (Å²) < 4.78 is 0. The number of Topliss-reactive ketones (excluding diaryl/α,β-unsaturated/α-hetero) is 1. The molecule has 0 spiro atoms. The van der Waals surface area contributed by atoms with Gasteiger partial charge in [0.1, 0.15) is 6.10 Å². The molecule has 3 unspecified atom stereocenters. The number of aliphatic hydroxyl groups excluding tert-OH is 3. The van der Waals surface area contributed by atoms with Gasteiger partial charge < -0.3 is 15.3 Å². The van der Waals surface area contributed by atoms with E-state index in [1.165, 1.54) is 0 Å². The van der Waals surface area contributed by atoms with Crippen LogP contribution in [0.5, 0.6) is 0 Å². The molecule has 130 valence electrons. The molecule has 4 rings (SSSR count). The second kappa shape index (κ2) is 5.03. The van der Waals surface area contributed by atoms with Gasteiger partial charge in [0.15, 0.2) is 5.78 Å². The average molecular weight is 322 g/mol. The van der Waals surface area contributed by atoms with E-state index in [1.807, 2.05) is 0 Å². The van der Waals surface area contributed by atoms with Gasteiger partial charge in [-0.1, -0.05) is 13.8 Å². The first kappa shape index (κ1) is 16.0. The highest BCUT2D eigenvalue weighted by Crippen LogP contribution is 2.65. The quantitative estimate of drug-likeness (QED) is 0.636. The Labute approximate surface area is 138 Å². The molecule has 4 nitrogen and oxygen atoms in total. The minimum atomic E-state index is -0.848. The Morgan fingerprint density at radius 3 is 2.39 bits per heavy atom. The lowest BCUT2D eigenvalue weighted by Gasteiger charge is -2.61. The third-order valence-corrected chi connectivity index (χ3v) is 8.44. The van der Waals surface area contributed by atoms with Crippen LogP contribution in [0.25, 0.3) is 0 Å². The van der Waals surface area contributed by atoms with Crippen molar-refractivity contribution in [2.45, 2.75) is 77.1 Å². The molecule has 4 heteroatoms. The monoisotopic (exact) mass is 322 g/mol. The van der Waals surface area contributed by atoms with E-state index >= 15 is 0 Å². The fourth-order valence-electron chi connectivity index (χ4n) is 6.97. The van der Waals surface area contributed by atoms with E-state index in [4.69, 9.17) is 0 Å². The number of hydrogen-bond donors (Lipinski definition) is 3. The zero-order valence-electron chi connectivity index (χ0n) is 14.2. The van der Waals surface area contributed by atoms with Crippen LogP contribution < -0.4 is 0 Å². The highest BCUT2D eigenvalue weighted by Gasteiger charge is 2.64. The maximum Gasteiger partial charge on any atom is 0.162 e. The van der Waals surface area contributed by atoms with E-state index in [9.17, 15) is 20.1 Å². The molecule has 4 aliphatic rings. The van der Waals surface area contributed by atoms with Crippen molar-refractivity contribution in [3.8, 4) is 0 Å². The third kappa shape index (κ3) is 2.04. The van der Waals surface area contributed by atoms with Crippen LogP contribution in [0.4, 0.5) is 0 Å². The summed E-state index contributed by atoms with van der Waals surface area (Å²) in [5.41, 5.74) is -0.183. The zero-order chi connectivity index (χ0) is 16.6. The first-order valence-corrected chi connectivity index (χ1v) is 9.34. The zero-order valence-corrected chi connectivity index (χ0v) is 14.2. The topological polar surface area (TPSA) is 77.8 Å². The Morgan fingerprint density at radius 1 is 0.957 bits per heavy atom. The molecule has 0 heterocycles. The molecule has 0 amide bonds. The van der Waals surface area contributed by atoms with E-state index in [2.05, 4.69) is 13.8 Å². The molecule has 0 bridgehead atoms. The van der Waals surface area contributed by atoms with Gasteiger partial charge in [0, 0.05) is 11.8 Å². The summed E-state index contributed by atoms with van der Waals surface area (Å²) in [6.45, 7) is 4.40. The number of fused-ring (bicyclic) bond motifs is 5. The lowest BCUT2D eigenvalue weighted by molar-refractivity contribution is -0.177. The number of hydrogen-bond acceptors (Lipinski definition) is 4. The Balaban J connectivity index is 1.69. The van der Waals surface area contributed by atoms with Crippen molar-refractivity contribution in [2.24, 2.45) is 34.5 Å². The van der Waals surface area contributed by atoms with Crippen molar-refractivity contribution < 1.29 is 20.1 Å². The van der Waals surface area contributed by atoms with Gasteiger partial charge in [0.2, 0.25) is 0 Å². The van der Waals surface area contributed by atoms with Crippen LogP contribution in [-0.2, 0) is 4.79 Å². The standard InChI is InChI=1S/C19H30O4/c1-18-5-3-11(20)7-10(18)8-14(21)16-12(18)4-6-19(2)13(16)9-15(22)17(19)23/h10-14,16-17,20-21,23H,3-9H2,1-2H3/t10-,11-,12?,13?,14-,16?,17-,18-,19-/m0/s1. The van der Waals surface area contributed by atoms with Crippen molar-refractivity contribution in [3.05, 3.63) is 0 Å². The number of carbonyl (C=O) groups excluding carboxylic acids is 1. The van der Waals surface area contributed by atoms with Gasteiger partial charge in [-0.15, -0.1) is 0 Å². The predicted octanol–water partition coefficient (Wildman–Crippen LogP) is 1.90. The molecule has 0 radical (unpaired) electrons. The molecule has 4 saturated carbocycles. The molecule has 9 atom stereocenters. The van der Waals surface area contributed by atoms with Crippen LogP contribution in [0.15, 0.2) is 0 Å². The van der Waals surface area contributed by atoms with Crippen LogP contribution >= 0.6 is 0 Å². The number of aliphatic hydroxyl groups is 3. The molecule has 3 N–H and O–H groups in total. The molecule has 4 aliphatic carbocycles. The first-order chi connectivity index (χ1) is 10.8. The summed E-state index contributed by atoms with van der Waals surface area (Å²) in [5, 5.41) is 31.3. The van der Waals surface area contributed by atoms with Crippen LogP contribution in [-0.4, -0.2) is 39.4 Å². The maximum absolute atomic E-state index is 12.2. The van der Waals surface area contributed by atoms with Gasteiger partial charge >= 0.3 is 0 Å². The average Bonchev–Trinajstić information content (AvgIpc) is 2.73. The SMILES string of the molecule is C[C@]12CCC3C(C1CC(=O)[C@@H]2O)[C@@H](O)C[C@@H]1C[C@@H](O)CC[C@]31C. The lowest BCUT2D eigenvalue weighted by Crippen LogP contribution is -2.58. The normalized spacial score (nSPS) is 59.2. The molecular weight excluding hydrogens is 292 g/mol. The molecule has 0 aromatic carbocycles. The van der Waals surface area contributed by atoms with Crippen LogP contribution in [0, 0.1) is 34.5 Å². The minimum absolute atomic E-state index is 0.0308. The summed E-state index contributed by atoms with van der Waals surface area (Å²) in [6.07, 6.45) is 4.25. The molecular formula is C19H30O4. The third-order valence-electron chi connectivity index (χ3n) is 8.44. The van der Waals surface area contributed by atoms with Gasteiger partial charge in [0.05, 0.1) is 12.2 Å². The van der Waals surface area contributed by atoms with E-state index < -0.39 is 12.2 Å². The highest BCUT2D eigenvalue weighted by atomic mass is 16.3. The lowest BCUT2D eigenvalue weighted by atomic mass is 9.44. The van der Waals surface area contributed by atoms with Crippen molar-refractivity contribution in [1.29, 1.82) is 0 Å². The fourth-order valence-corrected chi connectivity index (χ4v) is 6.97. The van der Waals surface area contributed by atoms with Gasteiger partial charge in [-0.25, -0.2) is 0 Å². The second-order valence-corrected chi connectivity index (χ2v) is 9.34. The Morgan fingerprint density at radius 2 is 1.65 bits per heavy atom. The largest absolute Gasteiger partial charge is 0.393 e. The Kier molecular flexibility index (Phi) is 3.51. The maximum atomic E-state index is 12.2. The Bertz CT molecular complexity index is 519. The minimum Gasteiger partial charge on any atom is -0.393 e. The Hall–Kier alpha value is -0.450. The van der Waals surface area contributed by atoms with Crippen LogP contribution in [0.1, 0.15) is 58.8 Å². The number of rotatable bonds is 0. The van der Waals surface area contributed by atoms with Gasteiger partial charge in [-0.3, -0.25) is 4.79 Å². The van der Waals surface area contributed by atoms with E-state index in [1.54, 1.807) is 0 Å².